The van der Waals surface area contributed by atoms with Gasteiger partial charge in [0.05, 0.1) is 16.9 Å². The van der Waals surface area contributed by atoms with Gasteiger partial charge in [0, 0.05) is 12.0 Å². The molecule has 1 aromatic carbocycles. The lowest BCUT2D eigenvalue weighted by atomic mass is 9.70. The molecule has 2 unspecified atom stereocenters. The molecule has 0 aliphatic heterocycles. The molecule has 150 valence electrons. The molecule has 0 saturated heterocycles. The van der Waals surface area contributed by atoms with Crippen molar-refractivity contribution in [1.29, 1.82) is 0 Å². The van der Waals surface area contributed by atoms with E-state index >= 15 is 0 Å². The molecule has 2 aliphatic rings. The monoisotopic (exact) mass is 412 g/mol. The van der Waals surface area contributed by atoms with Gasteiger partial charge in [0.2, 0.25) is 0 Å². The van der Waals surface area contributed by atoms with E-state index < -0.39 is 25.8 Å². The molecule has 2 atom stereocenters. The highest BCUT2D eigenvalue weighted by Gasteiger charge is 2.65. The number of Topliss-reactive ketones (excluding diaryl/α,β-unsaturated/α-hetero) is 2. The standard InChI is InChI=1S/C20H28O5S2/c1-19(2)16-10-11-20(19,18(22)12-16)14-27(23,24)25-26(3,4)13-17(21)15-8-6-5-7-9-15/h5-9,16H,10-14H2,1-4H3. The molecule has 5 nitrogen and oxygen atoms in total. The van der Waals surface area contributed by atoms with E-state index in [2.05, 4.69) is 0 Å². The lowest BCUT2D eigenvalue weighted by Crippen LogP contribution is -2.42. The summed E-state index contributed by atoms with van der Waals surface area (Å²) >= 11 is 0. The average Bonchev–Trinajstić information content (AvgIpc) is 2.87. The highest BCUT2D eigenvalue weighted by Crippen LogP contribution is 2.64. The summed E-state index contributed by atoms with van der Waals surface area (Å²) in [4.78, 5) is 25.1. The molecule has 1 aromatic rings. The van der Waals surface area contributed by atoms with Crippen LogP contribution < -0.4 is 0 Å². The Morgan fingerprint density at radius 3 is 2.33 bits per heavy atom. The molecule has 0 radical (unpaired) electrons. The first kappa shape index (κ1) is 20.6. The maximum atomic E-state index is 12.9. The van der Waals surface area contributed by atoms with Crippen molar-refractivity contribution in [3.63, 3.8) is 0 Å². The molecule has 0 amide bonds. The summed E-state index contributed by atoms with van der Waals surface area (Å²) in [7, 11) is -6.09. The van der Waals surface area contributed by atoms with Gasteiger partial charge in [0.15, 0.2) is 5.78 Å². The van der Waals surface area contributed by atoms with Crippen molar-refractivity contribution in [2.45, 2.75) is 33.1 Å². The van der Waals surface area contributed by atoms with Crippen LogP contribution in [0.5, 0.6) is 0 Å². The average molecular weight is 413 g/mol. The number of benzene rings is 1. The third-order valence-electron chi connectivity index (χ3n) is 6.42. The predicted octanol–water partition coefficient (Wildman–Crippen LogP) is 3.59. The van der Waals surface area contributed by atoms with Gasteiger partial charge in [-0.15, -0.1) is 10.3 Å². The Balaban J connectivity index is 1.74. The fourth-order valence-electron chi connectivity index (χ4n) is 4.76. The molecule has 2 fully saturated rings. The summed E-state index contributed by atoms with van der Waals surface area (Å²) < 4.78 is 31.3. The Labute approximate surface area is 163 Å². The molecule has 2 saturated carbocycles. The summed E-state index contributed by atoms with van der Waals surface area (Å²) in [5.41, 5.74) is -0.640. The fourth-order valence-corrected chi connectivity index (χ4v) is 9.47. The van der Waals surface area contributed by atoms with E-state index in [1.807, 2.05) is 19.9 Å². The zero-order valence-electron chi connectivity index (χ0n) is 16.4. The van der Waals surface area contributed by atoms with Crippen LogP contribution in [0, 0.1) is 16.7 Å². The zero-order chi connectivity index (χ0) is 20.1. The lowest BCUT2D eigenvalue weighted by Gasteiger charge is -2.37. The smallest absolute Gasteiger partial charge is 0.277 e. The van der Waals surface area contributed by atoms with Gasteiger partial charge in [0.25, 0.3) is 10.1 Å². The first-order valence-corrected chi connectivity index (χ1v) is 13.3. The van der Waals surface area contributed by atoms with E-state index in [1.165, 1.54) is 0 Å². The molecule has 2 bridgehead atoms. The van der Waals surface area contributed by atoms with E-state index in [1.54, 1.807) is 36.8 Å². The van der Waals surface area contributed by atoms with Crippen LogP contribution in [0.1, 0.15) is 43.5 Å². The van der Waals surface area contributed by atoms with Crippen molar-refractivity contribution >= 4 is 32.0 Å². The molecule has 7 heteroatoms. The predicted molar refractivity (Wildman–Crippen MR) is 109 cm³/mol. The third-order valence-corrected chi connectivity index (χ3v) is 10.5. The highest BCUT2D eigenvalue weighted by molar-refractivity contribution is 8.32. The Kier molecular flexibility index (Phi) is 5.11. The lowest BCUT2D eigenvalue weighted by molar-refractivity contribution is -0.128. The quantitative estimate of drug-likeness (QED) is 0.640. The second-order valence-electron chi connectivity index (χ2n) is 8.81. The second kappa shape index (κ2) is 6.71. The summed E-state index contributed by atoms with van der Waals surface area (Å²) in [5, 5.41) is 0. The normalized spacial score (nSPS) is 27.7. The first-order chi connectivity index (χ1) is 12.4. The number of rotatable bonds is 7. The van der Waals surface area contributed by atoms with Crippen molar-refractivity contribution in [3.8, 4) is 0 Å². The summed E-state index contributed by atoms with van der Waals surface area (Å²) in [6.45, 7) is 4.00. The first-order valence-electron chi connectivity index (χ1n) is 9.15. The van der Waals surface area contributed by atoms with Crippen LogP contribution in [0.25, 0.3) is 0 Å². The molecule has 0 heterocycles. The molecule has 27 heavy (non-hydrogen) atoms. The van der Waals surface area contributed by atoms with E-state index in [9.17, 15) is 18.0 Å². The second-order valence-corrected chi connectivity index (χ2v) is 13.9. The van der Waals surface area contributed by atoms with Crippen molar-refractivity contribution in [2.24, 2.45) is 16.7 Å². The Bertz CT molecular complexity index is 858. The largest absolute Gasteiger partial charge is 0.299 e. The van der Waals surface area contributed by atoms with Gasteiger partial charge in [0.1, 0.15) is 5.78 Å². The minimum absolute atomic E-state index is 0.0310. The number of hydrogen-bond acceptors (Lipinski definition) is 5. The molecule has 0 aromatic heterocycles. The van der Waals surface area contributed by atoms with Gasteiger partial charge in [-0.25, -0.2) is 3.63 Å². The Morgan fingerprint density at radius 1 is 1.19 bits per heavy atom. The number of carbonyl (C=O) groups excluding carboxylic acids is 2. The van der Waals surface area contributed by atoms with Crippen LogP contribution >= 0.6 is 10.3 Å². The number of fused-ring (bicyclic) bond motifs is 2. The van der Waals surface area contributed by atoms with Gasteiger partial charge in [-0.3, -0.25) is 9.59 Å². The fraction of sp³-hybridized carbons (Fsp3) is 0.600. The minimum atomic E-state index is -3.93. The van der Waals surface area contributed by atoms with Gasteiger partial charge < -0.3 is 0 Å². The maximum Gasteiger partial charge on any atom is 0.277 e. The molecule has 3 rings (SSSR count). The Morgan fingerprint density at radius 2 is 1.81 bits per heavy atom. The molecule has 0 spiro atoms. The summed E-state index contributed by atoms with van der Waals surface area (Å²) in [5.74, 6) is -0.0897. The van der Waals surface area contributed by atoms with E-state index in [0.717, 1.165) is 6.42 Å². The number of carbonyl (C=O) groups is 2. The highest BCUT2D eigenvalue weighted by atomic mass is 32.3. The molecular formula is C20H28O5S2. The van der Waals surface area contributed by atoms with Crippen LogP contribution in [0.4, 0.5) is 0 Å². The zero-order valence-corrected chi connectivity index (χ0v) is 18.0. The van der Waals surface area contributed by atoms with Crippen molar-refractivity contribution in [3.05, 3.63) is 35.9 Å². The van der Waals surface area contributed by atoms with Crippen LogP contribution in [0.3, 0.4) is 0 Å². The van der Waals surface area contributed by atoms with Gasteiger partial charge >= 0.3 is 0 Å². The maximum absolute atomic E-state index is 12.9. The minimum Gasteiger partial charge on any atom is -0.299 e. The van der Waals surface area contributed by atoms with Gasteiger partial charge in [-0.2, -0.15) is 8.42 Å². The Hall–Kier alpha value is -1.18. The van der Waals surface area contributed by atoms with Gasteiger partial charge in [-0.1, -0.05) is 44.2 Å². The van der Waals surface area contributed by atoms with Crippen LogP contribution in [0.15, 0.2) is 30.3 Å². The summed E-state index contributed by atoms with van der Waals surface area (Å²) in [6, 6.07) is 8.80. The van der Waals surface area contributed by atoms with Crippen molar-refractivity contribution in [2.75, 3.05) is 24.0 Å². The van der Waals surface area contributed by atoms with Crippen LogP contribution in [-0.2, 0) is 18.5 Å². The topological polar surface area (TPSA) is 77.5 Å². The SMILES string of the molecule is CC1(C)C2CCC1(CS(=O)(=O)OS(C)(C)CC(=O)c1ccccc1)C(=O)C2. The molecule has 2 aliphatic carbocycles. The van der Waals surface area contributed by atoms with E-state index in [4.69, 9.17) is 3.63 Å². The number of hydrogen-bond donors (Lipinski definition) is 0. The van der Waals surface area contributed by atoms with Crippen LogP contribution in [0.2, 0.25) is 0 Å². The molecular weight excluding hydrogens is 384 g/mol. The van der Waals surface area contributed by atoms with E-state index in [-0.39, 0.29) is 34.4 Å². The number of ketones is 2. The third kappa shape index (κ3) is 3.74. The van der Waals surface area contributed by atoms with Crippen molar-refractivity contribution < 1.29 is 21.6 Å². The van der Waals surface area contributed by atoms with E-state index in [0.29, 0.717) is 18.4 Å². The van der Waals surface area contributed by atoms with Crippen LogP contribution in [-0.4, -0.2) is 44.0 Å². The summed E-state index contributed by atoms with van der Waals surface area (Å²) in [6.07, 6.45) is 5.32. The molecule has 0 N–H and O–H groups in total. The van der Waals surface area contributed by atoms with Crippen molar-refractivity contribution in [1.82, 2.24) is 0 Å². The van der Waals surface area contributed by atoms with Gasteiger partial charge in [-0.05, 0) is 36.7 Å².